The highest BCUT2D eigenvalue weighted by molar-refractivity contribution is 6.05. The molecule has 0 spiro atoms. The van der Waals surface area contributed by atoms with Crippen LogP contribution in [0.15, 0.2) is 59.2 Å². The van der Waals surface area contributed by atoms with E-state index in [0.717, 1.165) is 11.3 Å². The SMILES string of the molecule is Cc1ccc(OCCCNC(=O)Nc2ccc(F)c(NC(=O)c3ccoc3C)c2)cc1. The Morgan fingerprint density at radius 1 is 1.03 bits per heavy atom. The zero-order valence-electron chi connectivity index (χ0n) is 17.3. The van der Waals surface area contributed by atoms with Crippen molar-refractivity contribution in [1.29, 1.82) is 0 Å². The van der Waals surface area contributed by atoms with E-state index in [1.165, 1.54) is 30.5 Å². The molecule has 0 aliphatic heterocycles. The quantitative estimate of drug-likeness (QED) is 0.449. The molecule has 0 fully saturated rings. The lowest BCUT2D eigenvalue weighted by molar-refractivity contribution is 0.102. The first-order valence-corrected chi connectivity index (χ1v) is 9.81. The van der Waals surface area contributed by atoms with Gasteiger partial charge < -0.3 is 25.1 Å². The lowest BCUT2D eigenvalue weighted by Crippen LogP contribution is -2.30. The molecule has 0 radical (unpaired) electrons. The number of carbonyl (C=O) groups excluding carboxylic acids is 2. The molecule has 0 aliphatic rings. The molecule has 162 valence electrons. The van der Waals surface area contributed by atoms with Crippen molar-refractivity contribution in [3.63, 3.8) is 0 Å². The van der Waals surface area contributed by atoms with Crippen molar-refractivity contribution in [1.82, 2.24) is 5.32 Å². The van der Waals surface area contributed by atoms with Crippen molar-refractivity contribution in [2.24, 2.45) is 0 Å². The number of carbonyl (C=O) groups is 2. The highest BCUT2D eigenvalue weighted by Crippen LogP contribution is 2.21. The number of anilines is 2. The van der Waals surface area contributed by atoms with Crippen molar-refractivity contribution in [3.05, 3.63) is 77.5 Å². The monoisotopic (exact) mass is 425 g/mol. The van der Waals surface area contributed by atoms with Crippen LogP contribution in [-0.4, -0.2) is 25.1 Å². The van der Waals surface area contributed by atoms with Crippen LogP contribution in [0.1, 0.15) is 28.1 Å². The number of ether oxygens (including phenoxy) is 1. The third kappa shape index (κ3) is 6.33. The van der Waals surface area contributed by atoms with Gasteiger partial charge in [-0.2, -0.15) is 0 Å². The molecule has 31 heavy (non-hydrogen) atoms. The van der Waals surface area contributed by atoms with Crippen LogP contribution in [0.4, 0.5) is 20.6 Å². The maximum atomic E-state index is 14.1. The molecule has 2 aromatic carbocycles. The van der Waals surface area contributed by atoms with Gasteiger partial charge in [0.25, 0.3) is 5.91 Å². The molecule has 0 unspecified atom stereocenters. The average Bonchev–Trinajstić information content (AvgIpc) is 3.17. The molecule has 3 N–H and O–H groups in total. The summed E-state index contributed by atoms with van der Waals surface area (Å²) in [5, 5.41) is 7.81. The molecule has 3 aromatic rings. The highest BCUT2D eigenvalue weighted by Gasteiger charge is 2.14. The highest BCUT2D eigenvalue weighted by atomic mass is 19.1. The summed E-state index contributed by atoms with van der Waals surface area (Å²) >= 11 is 0. The number of hydrogen-bond acceptors (Lipinski definition) is 4. The third-order valence-corrected chi connectivity index (χ3v) is 4.47. The van der Waals surface area contributed by atoms with Crippen LogP contribution in [0.25, 0.3) is 0 Å². The first-order chi connectivity index (χ1) is 14.9. The summed E-state index contributed by atoms with van der Waals surface area (Å²) in [6.45, 7) is 4.51. The van der Waals surface area contributed by atoms with Gasteiger partial charge >= 0.3 is 6.03 Å². The van der Waals surface area contributed by atoms with Gasteiger partial charge in [-0.25, -0.2) is 9.18 Å². The molecule has 0 bridgehead atoms. The number of aryl methyl sites for hydroxylation is 2. The molecule has 0 saturated heterocycles. The zero-order chi connectivity index (χ0) is 22.2. The van der Waals surface area contributed by atoms with E-state index in [2.05, 4.69) is 16.0 Å². The van der Waals surface area contributed by atoms with Gasteiger partial charge in [-0.15, -0.1) is 0 Å². The molecule has 0 atom stereocenters. The number of nitrogens with one attached hydrogen (secondary N) is 3. The average molecular weight is 425 g/mol. The summed E-state index contributed by atoms with van der Waals surface area (Å²) in [7, 11) is 0. The summed E-state index contributed by atoms with van der Waals surface area (Å²) < 4.78 is 24.8. The zero-order valence-corrected chi connectivity index (χ0v) is 17.3. The second-order valence-corrected chi connectivity index (χ2v) is 6.94. The minimum absolute atomic E-state index is 0.0464. The fourth-order valence-electron chi connectivity index (χ4n) is 2.78. The van der Waals surface area contributed by atoms with Crippen LogP contribution in [0.3, 0.4) is 0 Å². The van der Waals surface area contributed by atoms with Gasteiger partial charge in [0.2, 0.25) is 0 Å². The Bertz CT molecular complexity index is 1050. The van der Waals surface area contributed by atoms with E-state index in [1.54, 1.807) is 6.92 Å². The van der Waals surface area contributed by atoms with Crippen molar-refractivity contribution in [2.75, 3.05) is 23.8 Å². The van der Waals surface area contributed by atoms with Crippen molar-refractivity contribution in [2.45, 2.75) is 20.3 Å². The first kappa shape index (κ1) is 21.9. The van der Waals surface area contributed by atoms with E-state index >= 15 is 0 Å². The molecule has 0 aliphatic carbocycles. The van der Waals surface area contributed by atoms with Crippen LogP contribution in [0.2, 0.25) is 0 Å². The number of furan rings is 1. The summed E-state index contributed by atoms with van der Waals surface area (Å²) in [5.41, 5.74) is 1.76. The van der Waals surface area contributed by atoms with E-state index in [0.29, 0.717) is 36.6 Å². The summed E-state index contributed by atoms with van der Waals surface area (Å²) in [4.78, 5) is 24.3. The van der Waals surface area contributed by atoms with Crippen molar-refractivity contribution in [3.8, 4) is 5.75 Å². The molecule has 1 aromatic heterocycles. The normalized spacial score (nSPS) is 10.4. The Morgan fingerprint density at radius 2 is 1.81 bits per heavy atom. The summed E-state index contributed by atoms with van der Waals surface area (Å²) in [6.07, 6.45) is 2.00. The van der Waals surface area contributed by atoms with Crippen LogP contribution >= 0.6 is 0 Å². The van der Waals surface area contributed by atoms with Gasteiger partial charge in [-0.3, -0.25) is 4.79 Å². The standard InChI is InChI=1S/C23H24FN3O4/c1-15-4-7-18(8-5-15)31-12-3-11-25-23(29)26-17-6-9-20(24)21(14-17)27-22(28)19-10-13-30-16(19)2/h4-10,13-14H,3,11-12H2,1-2H3,(H,27,28)(H2,25,26,29). The van der Waals surface area contributed by atoms with Crippen LogP contribution < -0.4 is 20.7 Å². The maximum Gasteiger partial charge on any atom is 0.319 e. The second kappa shape index (κ2) is 10.3. The Morgan fingerprint density at radius 3 is 2.52 bits per heavy atom. The second-order valence-electron chi connectivity index (χ2n) is 6.94. The molecule has 3 amide bonds. The third-order valence-electron chi connectivity index (χ3n) is 4.47. The minimum Gasteiger partial charge on any atom is -0.494 e. The van der Waals surface area contributed by atoms with Crippen LogP contribution in [0.5, 0.6) is 5.75 Å². The van der Waals surface area contributed by atoms with E-state index in [9.17, 15) is 14.0 Å². The Hall–Kier alpha value is -3.81. The number of rotatable bonds is 8. The topological polar surface area (TPSA) is 92.6 Å². The molecule has 0 saturated carbocycles. The summed E-state index contributed by atoms with van der Waals surface area (Å²) in [6, 6.07) is 12.7. The van der Waals surface area contributed by atoms with E-state index in [-0.39, 0.29) is 5.69 Å². The number of halogens is 1. The molecule has 1 heterocycles. The molecular formula is C23H24FN3O4. The number of urea groups is 1. The first-order valence-electron chi connectivity index (χ1n) is 9.81. The molecule has 7 nitrogen and oxygen atoms in total. The predicted molar refractivity (Wildman–Crippen MR) is 116 cm³/mol. The summed E-state index contributed by atoms with van der Waals surface area (Å²) in [5.74, 6) is 0.0912. The lowest BCUT2D eigenvalue weighted by Gasteiger charge is -2.11. The fraction of sp³-hybridized carbons (Fsp3) is 0.217. The fourth-order valence-corrected chi connectivity index (χ4v) is 2.78. The van der Waals surface area contributed by atoms with Crippen LogP contribution in [0, 0.1) is 19.7 Å². The number of benzene rings is 2. The lowest BCUT2D eigenvalue weighted by atomic mass is 10.2. The van der Waals surface area contributed by atoms with Gasteiger partial charge in [-0.1, -0.05) is 17.7 Å². The van der Waals surface area contributed by atoms with Gasteiger partial charge in [0.05, 0.1) is 24.1 Å². The van der Waals surface area contributed by atoms with Gasteiger partial charge in [-0.05, 0) is 56.7 Å². The van der Waals surface area contributed by atoms with Crippen molar-refractivity contribution < 1.29 is 23.1 Å². The van der Waals surface area contributed by atoms with E-state index < -0.39 is 17.8 Å². The predicted octanol–water partition coefficient (Wildman–Crippen LogP) is 4.88. The number of hydrogen-bond donors (Lipinski definition) is 3. The Balaban J connectivity index is 1.45. The molecule has 3 rings (SSSR count). The van der Waals surface area contributed by atoms with Crippen LogP contribution in [-0.2, 0) is 0 Å². The molecular weight excluding hydrogens is 401 g/mol. The smallest absolute Gasteiger partial charge is 0.319 e. The largest absolute Gasteiger partial charge is 0.494 e. The number of amides is 3. The van der Waals surface area contributed by atoms with E-state index in [4.69, 9.17) is 9.15 Å². The molecule has 8 heteroatoms. The van der Waals surface area contributed by atoms with Gasteiger partial charge in [0.1, 0.15) is 17.3 Å². The minimum atomic E-state index is -0.617. The van der Waals surface area contributed by atoms with Crippen molar-refractivity contribution >= 4 is 23.3 Å². The Labute approximate surface area is 179 Å². The Kier molecular flexibility index (Phi) is 7.26. The van der Waals surface area contributed by atoms with Gasteiger partial charge in [0, 0.05) is 12.2 Å². The maximum absolute atomic E-state index is 14.1. The van der Waals surface area contributed by atoms with Gasteiger partial charge in [0.15, 0.2) is 0 Å². The van der Waals surface area contributed by atoms with E-state index in [1.807, 2.05) is 31.2 Å².